The van der Waals surface area contributed by atoms with Gasteiger partial charge in [0.2, 0.25) is 0 Å². The van der Waals surface area contributed by atoms with Crippen LogP contribution in [0.15, 0.2) is 47.0 Å². The van der Waals surface area contributed by atoms with Gasteiger partial charge in [-0.2, -0.15) is 0 Å². The van der Waals surface area contributed by atoms with E-state index in [4.69, 9.17) is 39.3 Å². The molecule has 0 saturated carbocycles. The van der Waals surface area contributed by atoms with Crippen molar-refractivity contribution in [3.05, 3.63) is 74.6 Å². The van der Waals surface area contributed by atoms with Crippen molar-refractivity contribution in [3.63, 3.8) is 0 Å². The molecule has 156 valence electrons. The average molecular weight is 469 g/mol. The fourth-order valence-electron chi connectivity index (χ4n) is 3.37. The number of piperazine rings is 1. The Kier molecular flexibility index (Phi) is 6.29. The van der Waals surface area contributed by atoms with E-state index >= 15 is 0 Å². The van der Waals surface area contributed by atoms with E-state index in [-0.39, 0.29) is 17.4 Å². The summed E-state index contributed by atoms with van der Waals surface area (Å²) >= 11 is 18.2. The number of halogens is 4. The third-order valence-electron chi connectivity index (χ3n) is 5.03. The monoisotopic (exact) mass is 467 g/mol. The van der Waals surface area contributed by atoms with Crippen LogP contribution in [0.2, 0.25) is 15.1 Å². The molecule has 4 rings (SSSR count). The van der Waals surface area contributed by atoms with Gasteiger partial charge in [-0.05, 0) is 30.3 Å². The smallest absolute Gasteiger partial charge is 0.276 e. The molecule has 3 aromatic rings. The van der Waals surface area contributed by atoms with Gasteiger partial charge in [0.25, 0.3) is 5.91 Å². The minimum Gasteiger partial charge on any atom is -0.355 e. The molecule has 0 unspecified atom stereocenters. The molecular weight excluding hydrogens is 452 g/mol. The Labute approximate surface area is 187 Å². The molecule has 0 spiro atoms. The van der Waals surface area contributed by atoms with Gasteiger partial charge in [-0.25, -0.2) is 4.39 Å². The van der Waals surface area contributed by atoms with Crippen molar-refractivity contribution in [1.82, 2.24) is 15.0 Å². The second-order valence-electron chi connectivity index (χ2n) is 6.97. The number of nitrogens with zero attached hydrogens (tertiary/aromatic N) is 3. The lowest BCUT2D eigenvalue weighted by Crippen LogP contribution is -2.48. The van der Waals surface area contributed by atoms with Crippen LogP contribution in [0, 0.1) is 5.82 Å². The number of amides is 1. The van der Waals surface area contributed by atoms with Crippen LogP contribution in [0.1, 0.15) is 16.1 Å². The minimum atomic E-state index is -0.322. The topological polar surface area (TPSA) is 49.6 Å². The van der Waals surface area contributed by atoms with E-state index in [0.717, 1.165) is 0 Å². The number of carbonyl (C=O) groups is 1. The summed E-state index contributed by atoms with van der Waals surface area (Å²) in [5.41, 5.74) is 1.29. The Bertz CT molecular complexity index is 1060. The zero-order valence-corrected chi connectivity index (χ0v) is 18.0. The third-order valence-corrected chi connectivity index (χ3v) is 5.93. The number of hydrogen-bond donors (Lipinski definition) is 0. The lowest BCUT2D eigenvalue weighted by molar-refractivity contribution is 0.0617. The van der Waals surface area contributed by atoms with E-state index in [2.05, 4.69) is 10.1 Å². The Morgan fingerprint density at radius 2 is 1.80 bits per heavy atom. The van der Waals surface area contributed by atoms with Gasteiger partial charge >= 0.3 is 0 Å². The molecule has 1 aliphatic heterocycles. The van der Waals surface area contributed by atoms with E-state index in [0.29, 0.717) is 64.7 Å². The number of rotatable bonds is 4. The van der Waals surface area contributed by atoms with E-state index in [1.165, 1.54) is 6.07 Å². The Hall–Kier alpha value is -2.12. The predicted molar refractivity (Wildman–Crippen MR) is 115 cm³/mol. The van der Waals surface area contributed by atoms with Crippen molar-refractivity contribution in [2.24, 2.45) is 0 Å². The summed E-state index contributed by atoms with van der Waals surface area (Å²) in [6.45, 7) is 2.59. The van der Waals surface area contributed by atoms with Crippen LogP contribution in [0.5, 0.6) is 0 Å². The molecule has 1 saturated heterocycles. The van der Waals surface area contributed by atoms with Crippen LogP contribution in [0.4, 0.5) is 4.39 Å². The average Bonchev–Trinajstić information content (AvgIpc) is 3.21. The van der Waals surface area contributed by atoms with Crippen molar-refractivity contribution in [2.75, 3.05) is 26.2 Å². The van der Waals surface area contributed by atoms with E-state index in [1.807, 2.05) is 0 Å². The zero-order chi connectivity index (χ0) is 21.3. The number of hydrogen-bond acceptors (Lipinski definition) is 4. The Morgan fingerprint density at radius 1 is 1.03 bits per heavy atom. The summed E-state index contributed by atoms with van der Waals surface area (Å²) in [5, 5.41) is 5.23. The molecule has 30 heavy (non-hydrogen) atoms. The highest BCUT2D eigenvalue weighted by Gasteiger charge is 2.26. The van der Waals surface area contributed by atoms with Gasteiger partial charge in [0.1, 0.15) is 5.82 Å². The third kappa shape index (κ3) is 4.47. The summed E-state index contributed by atoms with van der Waals surface area (Å²) in [6, 6.07) is 11.2. The van der Waals surface area contributed by atoms with Gasteiger partial charge in [-0.15, -0.1) is 0 Å². The number of aromatic nitrogens is 1. The second kappa shape index (κ2) is 8.94. The molecule has 1 aliphatic rings. The van der Waals surface area contributed by atoms with Crippen LogP contribution in [0.25, 0.3) is 11.3 Å². The van der Waals surface area contributed by atoms with Crippen molar-refractivity contribution < 1.29 is 13.7 Å². The van der Waals surface area contributed by atoms with Crippen LogP contribution < -0.4 is 0 Å². The van der Waals surface area contributed by atoms with E-state index in [1.54, 1.807) is 41.3 Å². The largest absolute Gasteiger partial charge is 0.355 e. The van der Waals surface area contributed by atoms with Gasteiger partial charge in [0.15, 0.2) is 11.5 Å². The normalized spacial score (nSPS) is 14.9. The Balaban J connectivity index is 1.40. The second-order valence-corrected chi connectivity index (χ2v) is 8.22. The molecule has 0 bridgehead atoms. The minimum absolute atomic E-state index is 0.210. The van der Waals surface area contributed by atoms with Crippen LogP contribution in [0.3, 0.4) is 0 Å². The molecule has 1 aromatic heterocycles. The van der Waals surface area contributed by atoms with Crippen LogP contribution in [-0.2, 0) is 6.54 Å². The number of carbonyl (C=O) groups excluding carboxylic acids is 1. The van der Waals surface area contributed by atoms with Crippen molar-refractivity contribution in [3.8, 4) is 11.3 Å². The summed E-state index contributed by atoms with van der Waals surface area (Å²) < 4.78 is 19.3. The summed E-state index contributed by atoms with van der Waals surface area (Å²) in [4.78, 5) is 16.6. The maximum Gasteiger partial charge on any atom is 0.276 e. The summed E-state index contributed by atoms with van der Waals surface area (Å²) in [7, 11) is 0. The fraction of sp³-hybridized carbons (Fsp3) is 0.238. The first-order chi connectivity index (χ1) is 14.4. The Morgan fingerprint density at radius 3 is 2.50 bits per heavy atom. The maximum absolute atomic E-state index is 14.0. The SMILES string of the molecule is O=C(c1cc(-c2ccc(Cl)cc2Cl)on1)N1CCN(Cc2c(F)cccc2Cl)CC1. The van der Waals surface area contributed by atoms with Gasteiger partial charge in [-0.1, -0.05) is 46.0 Å². The van der Waals surface area contributed by atoms with Crippen molar-refractivity contribution in [1.29, 1.82) is 0 Å². The number of benzene rings is 2. The summed E-state index contributed by atoms with van der Waals surface area (Å²) in [6.07, 6.45) is 0. The highest BCUT2D eigenvalue weighted by atomic mass is 35.5. The molecule has 1 amide bonds. The quantitative estimate of drug-likeness (QED) is 0.514. The van der Waals surface area contributed by atoms with Crippen LogP contribution >= 0.6 is 34.8 Å². The maximum atomic E-state index is 14.0. The molecule has 0 aliphatic carbocycles. The summed E-state index contributed by atoms with van der Waals surface area (Å²) in [5.74, 6) is -0.150. The molecule has 2 heterocycles. The molecule has 5 nitrogen and oxygen atoms in total. The van der Waals surface area contributed by atoms with Crippen molar-refractivity contribution >= 4 is 40.7 Å². The van der Waals surface area contributed by atoms with Gasteiger partial charge in [0, 0.05) is 60.0 Å². The lowest BCUT2D eigenvalue weighted by atomic mass is 10.1. The highest BCUT2D eigenvalue weighted by molar-refractivity contribution is 6.36. The first-order valence-electron chi connectivity index (χ1n) is 9.29. The van der Waals surface area contributed by atoms with Gasteiger partial charge in [0.05, 0.1) is 5.02 Å². The molecular formula is C21H17Cl3FN3O2. The molecule has 0 N–H and O–H groups in total. The van der Waals surface area contributed by atoms with E-state index in [9.17, 15) is 9.18 Å². The van der Waals surface area contributed by atoms with E-state index < -0.39 is 0 Å². The fourth-order valence-corrected chi connectivity index (χ4v) is 4.09. The van der Waals surface area contributed by atoms with Gasteiger partial charge in [-0.3, -0.25) is 9.69 Å². The first kappa shape index (κ1) is 21.1. The first-order valence-corrected chi connectivity index (χ1v) is 10.4. The standard InChI is InChI=1S/C21H17Cl3FN3O2/c22-13-4-5-14(17(24)10-13)20-11-19(26-30-20)21(29)28-8-6-27(7-9-28)12-15-16(23)2-1-3-18(15)25/h1-5,10-11H,6-9,12H2. The molecule has 1 fully saturated rings. The van der Waals surface area contributed by atoms with Gasteiger partial charge < -0.3 is 9.42 Å². The lowest BCUT2D eigenvalue weighted by Gasteiger charge is -2.34. The highest BCUT2D eigenvalue weighted by Crippen LogP contribution is 2.31. The zero-order valence-electron chi connectivity index (χ0n) is 15.7. The van der Waals surface area contributed by atoms with Crippen LogP contribution in [-0.4, -0.2) is 47.0 Å². The molecule has 0 atom stereocenters. The molecule has 9 heteroatoms. The molecule has 2 aromatic carbocycles. The molecule has 0 radical (unpaired) electrons. The predicted octanol–water partition coefficient (Wildman–Crippen LogP) is 5.40. The van der Waals surface area contributed by atoms with Crippen molar-refractivity contribution in [2.45, 2.75) is 6.54 Å².